The minimum Gasteiger partial charge on any atom is -0.321 e. The van der Waals surface area contributed by atoms with E-state index in [4.69, 9.17) is 5.73 Å². The van der Waals surface area contributed by atoms with Crippen molar-refractivity contribution in [3.8, 4) is 0 Å². The quantitative estimate of drug-likeness (QED) is 0.826. The molecule has 1 rings (SSSR count). The van der Waals surface area contributed by atoms with E-state index in [-0.39, 0.29) is 11.7 Å². The van der Waals surface area contributed by atoms with E-state index >= 15 is 0 Å². The maximum atomic E-state index is 11.1. The summed E-state index contributed by atoms with van der Waals surface area (Å²) in [5, 5.41) is 4.25. The molecular weight excluding hydrogens is 240 g/mol. The van der Waals surface area contributed by atoms with Gasteiger partial charge in [-0.3, -0.25) is 4.68 Å². The van der Waals surface area contributed by atoms with Crippen molar-refractivity contribution in [1.82, 2.24) is 14.8 Å². The predicted octanol–water partition coefficient (Wildman–Crippen LogP) is 0.373. The molecule has 0 saturated carbocycles. The van der Waals surface area contributed by atoms with E-state index in [1.807, 2.05) is 13.8 Å². The first-order valence-corrected chi connectivity index (χ1v) is 7.61. The molecule has 0 amide bonds. The fraction of sp³-hybridized carbons (Fsp3) is 0.800. The summed E-state index contributed by atoms with van der Waals surface area (Å²) in [6, 6.07) is -0.394. The maximum absolute atomic E-state index is 11.1. The average molecular weight is 260 g/mol. The number of hydrogen-bond acceptors (Lipinski definition) is 5. The second kappa shape index (κ2) is 5.14. The fourth-order valence-electron chi connectivity index (χ4n) is 1.45. The van der Waals surface area contributed by atoms with Crippen LogP contribution in [0.25, 0.3) is 0 Å². The van der Waals surface area contributed by atoms with Gasteiger partial charge in [-0.1, -0.05) is 13.8 Å². The van der Waals surface area contributed by atoms with Crippen LogP contribution in [0.1, 0.15) is 43.9 Å². The van der Waals surface area contributed by atoms with E-state index in [0.29, 0.717) is 12.2 Å². The Morgan fingerprint density at radius 2 is 2.00 bits per heavy atom. The van der Waals surface area contributed by atoms with Crippen molar-refractivity contribution in [3.05, 3.63) is 11.6 Å². The second-order valence-electron chi connectivity index (χ2n) is 4.63. The molecule has 7 heteroatoms. The molecule has 6 nitrogen and oxygen atoms in total. The zero-order valence-electron chi connectivity index (χ0n) is 10.7. The SMILES string of the molecule is CC(C)c1nc(C(N)CCS(C)(=O)=O)n(C)n1. The number of nitrogens with zero attached hydrogens (tertiary/aromatic N) is 3. The normalized spacial score (nSPS) is 14.2. The standard InChI is InChI=1S/C10H20N4O2S/c1-7(2)9-12-10(14(3)13-9)8(11)5-6-17(4,15)16/h7-8H,5-6,11H2,1-4H3. The Labute approximate surface area is 102 Å². The Bertz CT molecular complexity index is 478. The number of aryl methyl sites for hydroxylation is 1. The molecule has 0 bridgehead atoms. The van der Waals surface area contributed by atoms with Crippen LogP contribution in [0.5, 0.6) is 0 Å². The maximum Gasteiger partial charge on any atom is 0.153 e. The first-order chi connectivity index (χ1) is 7.70. The molecule has 1 aromatic heterocycles. The minimum absolute atomic E-state index is 0.0675. The highest BCUT2D eigenvalue weighted by Gasteiger charge is 2.17. The molecule has 1 unspecified atom stereocenters. The molecule has 0 radical (unpaired) electrons. The summed E-state index contributed by atoms with van der Waals surface area (Å²) in [6.07, 6.45) is 1.57. The Balaban J connectivity index is 2.78. The molecule has 0 aromatic carbocycles. The highest BCUT2D eigenvalue weighted by molar-refractivity contribution is 7.90. The van der Waals surface area contributed by atoms with Gasteiger partial charge in [0.2, 0.25) is 0 Å². The largest absolute Gasteiger partial charge is 0.321 e. The van der Waals surface area contributed by atoms with Gasteiger partial charge in [-0.05, 0) is 6.42 Å². The van der Waals surface area contributed by atoms with Crippen LogP contribution in [0.15, 0.2) is 0 Å². The molecule has 0 aliphatic heterocycles. The van der Waals surface area contributed by atoms with Gasteiger partial charge in [0, 0.05) is 19.2 Å². The minimum atomic E-state index is -2.99. The molecule has 0 aliphatic carbocycles. The molecule has 2 N–H and O–H groups in total. The third-order valence-electron chi connectivity index (χ3n) is 2.46. The van der Waals surface area contributed by atoms with E-state index in [9.17, 15) is 8.42 Å². The molecular formula is C10H20N4O2S. The van der Waals surface area contributed by atoms with E-state index in [2.05, 4.69) is 10.1 Å². The first-order valence-electron chi connectivity index (χ1n) is 5.55. The number of nitrogens with two attached hydrogens (primary N) is 1. The lowest BCUT2D eigenvalue weighted by atomic mass is 10.2. The Morgan fingerprint density at radius 1 is 1.41 bits per heavy atom. The smallest absolute Gasteiger partial charge is 0.153 e. The molecule has 1 aromatic rings. The van der Waals surface area contributed by atoms with Gasteiger partial charge >= 0.3 is 0 Å². The van der Waals surface area contributed by atoms with Gasteiger partial charge in [-0.15, -0.1) is 0 Å². The molecule has 1 heterocycles. The van der Waals surface area contributed by atoms with Crippen molar-refractivity contribution in [1.29, 1.82) is 0 Å². The average Bonchev–Trinajstić information content (AvgIpc) is 2.56. The van der Waals surface area contributed by atoms with Crippen molar-refractivity contribution in [2.45, 2.75) is 32.2 Å². The van der Waals surface area contributed by atoms with Crippen LogP contribution in [0.3, 0.4) is 0 Å². The van der Waals surface area contributed by atoms with Crippen LogP contribution in [-0.4, -0.2) is 35.2 Å². The van der Waals surface area contributed by atoms with Crippen LogP contribution in [-0.2, 0) is 16.9 Å². The summed E-state index contributed by atoms with van der Waals surface area (Å²) in [5.74, 6) is 1.67. The molecule has 17 heavy (non-hydrogen) atoms. The summed E-state index contributed by atoms with van der Waals surface area (Å²) >= 11 is 0. The van der Waals surface area contributed by atoms with Crippen LogP contribution < -0.4 is 5.73 Å². The number of aromatic nitrogens is 3. The van der Waals surface area contributed by atoms with Crippen LogP contribution in [0.4, 0.5) is 0 Å². The monoisotopic (exact) mass is 260 g/mol. The Morgan fingerprint density at radius 3 is 2.41 bits per heavy atom. The van der Waals surface area contributed by atoms with Crippen LogP contribution >= 0.6 is 0 Å². The van der Waals surface area contributed by atoms with Crippen molar-refractivity contribution in [3.63, 3.8) is 0 Å². The van der Waals surface area contributed by atoms with Crippen LogP contribution in [0, 0.1) is 0 Å². The summed E-state index contributed by atoms with van der Waals surface area (Å²) in [4.78, 5) is 4.34. The lowest BCUT2D eigenvalue weighted by Crippen LogP contribution is -2.19. The fourth-order valence-corrected chi connectivity index (χ4v) is 2.14. The van der Waals surface area contributed by atoms with Crippen molar-refractivity contribution in [2.75, 3.05) is 12.0 Å². The van der Waals surface area contributed by atoms with Crippen molar-refractivity contribution in [2.24, 2.45) is 12.8 Å². The third-order valence-corrected chi connectivity index (χ3v) is 3.44. The second-order valence-corrected chi connectivity index (χ2v) is 6.89. The summed E-state index contributed by atoms with van der Waals surface area (Å²) < 4.78 is 23.8. The van der Waals surface area contributed by atoms with E-state index in [0.717, 1.165) is 5.82 Å². The number of hydrogen-bond donors (Lipinski definition) is 1. The van der Waals surface area contributed by atoms with Gasteiger partial charge in [0.25, 0.3) is 0 Å². The van der Waals surface area contributed by atoms with Gasteiger partial charge in [0.05, 0.1) is 11.8 Å². The van der Waals surface area contributed by atoms with E-state index in [1.54, 1.807) is 11.7 Å². The lowest BCUT2D eigenvalue weighted by molar-refractivity contribution is 0.569. The van der Waals surface area contributed by atoms with Gasteiger partial charge in [0.15, 0.2) is 5.82 Å². The molecule has 1 atom stereocenters. The molecule has 0 spiro atoms. The summed E-state index contributed by atoms with van der Waals surface area (Å²) in [6.45, 7) is 4.00. The zero-order chi connectivity index (χ0) is 13.2. The summed E-state index contributed by atoms with van der Waals surface area (Å²) in [7, 11) is -1.21. The van der Waals surface area contributed by atoms with Gasteiger partial charge in [-0.25, -0.2) is 13.4 Å². The van der Waals surface area contributed by atoms with E-state index in [1.165, 1.54) is 6.26 Å². The predicted molar refractivity (Wildman–Crippen MR) is 66.3 cm³/mol. The molecule has 98 valence electrons. The molecule has 0 aliphatic rings. The summed E-state index contributed by atoms with van der Waals surface area (Å²) in [5.41, 5.74) is 5.93. The van der Waals surface area contributed by atoms with E-state index < -0.39 is 15.9 Å². The zero-order valence-corrected chi connectivity index (χ0v) is 11.5. The van der Waals surface area contributed by atoms with Crippen LogP contribution in [0.2, 0.25) is 0 Å². The molecule has 0 fully saturated rings. The first kappa shape index (κ1) is 14.1. The van der Waals surface area contributed by atoms with Crippen molar-refractivity contribution >= 4 is 9.84 Å². The Hall–Kier alpha value is -0.950. The van der Waals surface area contributed by atoms with Gasteiger partial charge in [0.1, 0.15) is 15.7 Å². The number of rotatable bonds is 5. The van der Waals surface area contributed by atoms with Gasteiger partial charge < -0.3 is 5.73 Å². The Kier molecular flexibility index (Phi) is 4.26. The van der Waals surface area contributed by atoms with Crippen molar-refractivity contribution < 1.29 is 8.42 Å². The highest BCUT2D eigenvalue weighted by atomic mass is 32.2. The lowest BCUT2D eigenvalue weighted by Gasteiger charge is -2.09. The highest BCUT2D eigenvalue weighted by Crippen LogP contribution is 2.16. The molecule has 0 saturated heterocycles. The van der Waals surface area contributed by atoms with Gasteiger partial charge in [-0.2, -0.15) is 5.10 Å². The topological polar surface area (TPSA) is 90.9 Å². The number of sulfone groups is 1. The third kappa shape index (κ3) is 4.08.